The van der Waals surface area contributed by atoms with Crippen molar-refractivity contribution < 1.29 is 9.90 Å². The first kappa shape index (κ1) is 14.5. The minimum absolute atomic E-state index is 0.0333. The van der Waals surface area contributed by atoms with Gasteiger partial charge in [-0.3, -0.25) is 4.79 Å². The van der Waals surface area contributed by atoms with E-state index in [1.54, 1.807) is 19.1 Å². The maximum atomic E-state index is 11.9. The van der Waals surface area contributed by atoms with Gasteiger partial charge in [-0.1, -0.05) is 28.9 Å². The highest BCUT2D eigenvalue weighted by atomic mass is 35.5. The van der Waals surface area contributed by atoms with E-state index in [0.717, 1.165) is 0 Å². The van der Waals surface area contributed by atoms with E-state index in [1.807, 2.05) is 12.1 Å². The van der Waals surface area contributed by atoms with Gasteiger partial charge < -0.3 is 10.4 Å². The quantitative estimate of drug-likeness (QED) is 0.816. The summed E-state index contributed by atoms with van der Waals surface area (Å²) in [4.78, 5) is 11.9. The molecule has 0 bridgehead atoms. The van der Waals surface area contributed by atoms with E-state index in [-0.39, 0.29) is 18.2 Å². The second-order valence-electron chi connectivity index (χ2n) is 4.22. The van der Waals surface area contributed by atoms with Crippen molar-refractivity contribution in [1.82, 2.24) is 20.3 Å². The number of aromatic nitrogens is 3. The van der Waals surface area contributed by atoms with Crippen molar-refractivity contribution in [3.63, 3.8) is 0 Å². The van der Waals surface area contributed by atoms with Crippen LogP contribution in [0.1, 0.15) is 22.6 Å². The second kappa shape index (κ2) is 6.49. The molecule has 2 aromatic rings. The van der Waals surface area contributed by atoms with Gasteiger partial charge in [0.05, 0.1) is 16.4 Å². The first-order valence-electron chi connectivity index (χ1n) is 6.21. The van der Waals surface area contributed by atoms with Gasteiger partial charge in [-0.2, -0.15) is 0 Å². The van der Waals surface area contributed by atoms with Gasteiger partial charge in [0, 0.05) is 13.2 Å². The Balaban J connectivity index is 2.23. The van der Waals surface area contributed by atoms with Gasteiger partial charge in [0.2, 0.25) is 0 Å². The van der Waals surface area contributed by atoms with Crippen LogP contribution in [-0.2, 0) is 0 Å². The number of amides is 1. The number of hydrogen-bond acceptors (Lipinski definition) is 4. The fraction of sp³-hybridized carbons (Fsp3) is 0.308. The van der Waals surface area contributed by atoms with E-state index in [2.05, 4.69) is 15.6 Å². The molecule has 0 spiro atoms. The normalized spacial score (nSPS) is 10.6. The van der Waals surface area contributed by atoms with Crippen molar-refractivity contribution in [2.45, 2.75) is 13.3 Å². The Kier molecular flexibility index (Phi) is 4.70. The number of aliphatic hydroxyl groups excluding tert-OH is 1. The largest absolute Gasteiger partial charge is 0.396 e. The van der Waals surface area contributed by atoms with Crippen LogP contribution >= 0.6 is 11.6 Å². The van der Waals surface area contributed by atoms with Crippen molar-refractivity contribution in [2.24, 2.45) is 0 Å². The summed E-state index contributed by atoms with van der Waals surface area (Å²) >= 11 is 6.11. The number of rotatable bonds is 5. The highest BCUT2D eigenvalue weighted by Crippen LogP contribution is 2.20. The third-order valence-corrected chi connectivity index (χ3v) is 3.13. The SMILES string of the molecule is Cc1c(C(=O)NCCCO)nnn1-c1ccccc1Cl. The van der Waals surface area contributed by atoms with Crippen molar-refractivity contribution in [1.29, 1.82) is 0 Å². The molecule has 2 rings (SSSR count). The van der Waals surface area contributed by atoms with Crippen molar-refractivity contribution >= 4 is 17.5 Å². The van der Waals surface area contributed by atoms with E-state index >= 15 is 0 Å². The zero-order chi connectivity index (χ0) is 14.5. The highest BCUT2D eigenvalue weighted by molar-refractivity contribution is 6.32. The van der Waals surface area contributed by atoms with E-state index < -0.39 is 0 Å². The molecule has 2 N–H and O–H groups in total. The van der Waals surface area contributed by atoms with Gasteiger partial charge in [0.1, 0.15) is 0 Å². The number of carbonyl (C=O) groups is 1. The monoisotopic (exact) mass is 294 g/mol. The van der Waals surface area contributed by atoms with Gasteiger partial charge in [0.25, 0.3) is 5.91 Å². The average Bonchev–Trinajstić information content (AvgIpc) is 2.81. The molecule has 0 aliphatic heterocycles. The molecule has 0 unspecified atom stereocenters. The molecule has 1 heterocycles. The molecule has 6 nitrogen and oxygen atoms in total. The summed E-state index contributed by atoms with van der Waals surface area (Å²) in [5.74, 6) is -0.311. The van der Waals surface area contributed by atoms with Crippen LogP contribution in [0.4, 0.5) is 0 Å². The van der Waals surface area contributed by atoms with Crippen molar-refractivity contribution in [2.75, 3.05) is 13.2 Å². The zero-order valence-corrected chi connectivity index (χ0v) is 11.8. The molecule has 1 aromatic heterocycles. The number of para-hydroxylation sites is 1. The van der Waals surface area contributed by atoms with Crippen LogP contribution in [-0.4, -0.2) is 39.2 Å². The van der Waals surface area contributed by atoms with Crippen LogP contribution in [0.5, 0.6) is 0 Å². The summed E-state index contributed by atoms with van der Waals surface area (Å²) in [6, 6.07) is 7.21. The zero-order valence-electron chi connectivity index (χ0n) is 11.0. The van der Waals surface area contributed by atoms with Gasteiger partial charge in [-0.25, -0.2) is 4.68 Å². The maximum Gasteiger partial charge on any atom is 0.273 e. The average molecular weight is 295 g/mol. The van der Waals surface area contributed by atoms with Crippen molar-refractivity contribution in [3.8, 4) is 5.69 Å². The summed E-state index contributed by atoms with van der Waals surface area (Å²) in [6.45, 7) is 2.18. The smallest absolute Gasteiger partial charge is 0.273 e. The number of carbonyl (C=O) groups excluding carboxylic acids is 1. The molecule has 0 aliphatic carbocycles. The molecule has 20 heavy (non-hydrogen) atoms. The minimum Gasteiger partial charge on any atom is -0.396 e. The molecule has 106 valence electrons. The first-order valence-corrected chi connectivity index (χ1v) is 6.59. The standard InChI is InChI=1S/C13H15ClN4O2/c1-9-12(13(20)15-7-4-8-19)16-17-18(9)11-6-3-2-5-10(11)14/h2-3,5-6,19H,4,7-8H2,1H3,(H,15,20). The Morgan fingerprint density at radius 2 is 2.20 bits per heavy atom. The lowest BCUT2D eigenvalue weighted by Crippen LogP contribution is -2.26. The Labute approximate surface area is 121 Å². The van der Waals surface area contributed by atoms with Crippen LogP contribution in [0.2, 0.25) is 5.02 Å². The predicted octanol–water partition coefficient (Wildman–Crippen LogP) is 1.34. The summed E-state index contributed by atoms with van der Waals surface area (Å²) in [5.41, 5.74) is 1.54. The molecule has 0 saturated heterocycles. The van der Waals surface area contributed by atoms with Crippen LogP contribution in [0.3, 0.4) is 0 Å². The Bertz CT molecular complexity index is 612. The second-order valence-corrected chi connectivity index (χ2v) is 4.63. The number of nitrogens with one attached hydrogen (secondary N) is 1. The lowest BCUT2D eigenvalue weighted by molar-refractivity contribution is 0.0945. The molecule has 1 amide bonds. The van der Waals surface area contributed by atoms with Crippen LogP contribution in [0, 0.1) is 6.92 Å². The Morgan fingerprint density at radius 3 is 2.90 bits per heavy atom. The number of halogens is 1. The summed E-state index contributed by atoms with van der Waals surface area (Å²) in [6.07, 6.45) is 0.503. The van der Waals surface area contributed by atoms with Gasteiger partial charge in [-0.15, -0.1) is 5.10 Å². The topological polar surface area (TPSA) is 80.0 Å². The third kappa shape index (κ3) is 2.97. The van der Waals surface area contributed by atoms with Crippen LogP contribution in [0.25, 0.3) is 5.69 Å². The molecule has 0 aliphatic rings. The number of aliphatic hydroxyl groups is 1. The fourth-order valence-electron chi connectivity index (χ4n) is 1.76. The number of hydrogen-bond donors (Lipinski definition) is 2. The van der Waals surface area contributed by atoms with E-state index in [0.29, 0.717) is 29.4 Å². The molecule has 0 atom stereocenters. The Morgan fingerprint density at radius 1 is 1.45 bits per heavy atom. The maximum absolute atomic E-state index is 11.9. The number of nitrogens with zero attached hydrogens (tertiary/aromatic N) is 3. The minimum atomic E-state index is -0.311. The lowest BCUT2D eigenvalue weighted by Gasteiger charge is -2.06. The summed E-state index contributed by atoms with van der Waals surface area (Å²) < 4.78 is 1.53. The van der Waals surface area contributed by atoms with Crippen molar-refractivity contribution in [3.05, 3.63) is 40.7 Å². The highest BCUT2D eigenvalue weighted by Gasteiger charge is 2.17. The summed E-state index contributed by atoms with van der Waals surface area (Å²) in [7, 11) is 0. The van der Waals surface area contributed by atoms with Gasteiger partial charge in [0.15, 0.2) is 5.69 Å². The van der Waals surface area contributed by atoms with E-state index in [9.17, 15) is 4.79 Å². The lowest BCUT2D eigenvalue weighted by atomic mass is 10.3. The fourth-order valence-corrected chi connectivity index (χ4v) is 1.97. The summed E-state index contributed by atoms with van der Waals surface area (Å²) in [5, 5.41) is 19.8. The van der Waals surface area contributed by atoms with Crippen LogP contribution < -0.4 is 5.32 Å². The van der Waals surface area contributed by atoms with Crippen LogP contribution in [0.15, 0.2) is 24.3 Å². The van der Waals surface area contributed by atoms with Gasteiger partial charge in [-0.05, 0) is 25.5 Å². The third-order valence-electron chi connectivity index (χ3n) is 2.81. The molecule has 7 heteroatoms. The molecular weight excluding hydrogens is 280 g/mol. The van der Waals surface area contributed by atoms with E-state index in [1.165, 1.54) is 4.68 Å². The molecular formula is C13H15ClN4O2. The predicted molar refractivity (Wildman–Crippen MR) is 75.1 cm³/mol. The molecule has 0 fully saturated rings. The first-order chi connectivity index (χ1) is 9.65. The molecule has 1 aromatic carbocycles. The number of benzene rings is 1. The van der Waals surface area contributed by atoms with E-state index in [4.69, 9.17) is 16.7 Å². The molecule has 0 radical (unpaired) electrons. The Hall–Kier alpha value is -1.92. The van der Waals surface area contributed by atoms with Gasteiger partial charge >= 0.3 is 0 Å². The molecule has 0 saturated carbocycles.